The molecule has 1 aromatic rings. The Labute approximate surface area is 90.7 Å². The van der Waals surface area contributed by atoms with Gasteiger partial charge in [-0.15, -0.1) is 0 Å². The Bertz CT molecular complexity index is 367. The van der Waals surface area contributed by atoms with E-state index in [9.17, 15) is 4.39 Å². The fourth-order valence-electron chi connectivity index (χ4n) is 2.09. The molecule has 1 fully saturated rings. The molecule has 82 valence electrons. The van der Waals surface area contributed by atoms with Crippen LogP contribution in [0.1, 0.15) is 43.7 Å². The summed E-state index contributed by atoms with van der Waals surface area (Å²) in [6, 6.07) is 5.52. The van der Waals surface area contributed by atoms with Crippen molar-refractivity contribution in [2.75, 3.05) is 7.05 Å². The van der Waals surface area contributed by atoms with Crippen LogP contribution in [0.3, 0.4) is 0 Å². The Kier molecular flexibility index (Phi) is 2.55. The lowest BCUT2D eigenvalue weighted by molar-refractivity contribution is 0.569. The van der Waals surface area contributed by atoms with Gasteiger partial charge in [0.1, 0.15) is 5.82 Å². The molecule has 1 saturated carbocycles. The molecule has 15 heavy (non-hydrogen) atoms. The van der Waals surface area contributed by atoms with Crippen LogP contribution in [0.15, 0.2) is 18.2 Å². The van der Waals surface area contributed by atoms with Crippen LogP contribution in [0.2, 0.25) is 0 Å². The van der Waals surface area contributed by atoms with Gasteiger partial charge in [-0.3, -0.25) is 0 Å². The number of hydrogen-bond donors (Lipinski definition) is 1. The fourth-order valence-corrected chi connectivity index (χ4v) is 2.09. The van der Waals surface area contributed by atoms with Gasteiger partial charge in [0.25, 0.3) is 0 Å². The minimum absolute atomic E-state index is 0.0827. The average Bonchev–Trinajstić information content (AvgIpc) is 2.99. The molecule has 0 unspecified atom stereocenters. The molecule has 0 spiro atoms. The van der Waals surface area contributed by atoms with Crippen molar-refractivity contribution in [1.29, 1.82) is 0 Å². The molecule has 0 atom stereocenters. The number of benzene rings is 1. The molecule has 1 aromatic carbocycles. The van der Waals surface area contributed by atoms with Crippen molar-refractivity contribution >= 4 is 0 Å². The molecule has 0 aromatic heterocycles. The van der Waals surface area contributed by atoms with Gasteiger partial charge >= 0.3 is 0 Å². The van der Waals surface area contributed by atoms with E-state index in [1.165, 1.54) is 5.56 Å². The van der Waals surface area contributed by atoms with E-state index in [-0.39, 0.29) is 17.3 Å². The molecule has 1 aliphatic rings. The number of nitrogens with one attached hydrogen (secondary N) is 1. The maximum absolute atomic E-state index is 13.5. The zero-order valence-electron chi connectivity index (χ0n) is 9.60. The molecule has 0 radical (unpaired) electrons. The second-order valence-corrected chi connectivity index (χ2v) is 4.72. The quantitative estimate of drug-likeness (QED) is 0.802. The Morgan fingerprint density at radius 3 is 2.47 bits per heavy atom. The van der Waals surface area contributed by atoms with Crippen molar-refractivity contribution in [3.05, 3.63) is 35.1 Å². The van der Waals surface area contributed by atoms with Crippen molar-refractivity contribution in [3.63, 3.8) is 0 Å². The molecule has 1 aliphatic carbocycles. The van der Waals surface area contributed by atoms with Gasteiger partial charge in [-0.1, -0.05) is 26.0 Å². The molecule has 0 heterocycles. The Hall–Kier alpha value is -0.890. The van der Waals surface area contributed by atoms with Crippen LogP contribution in [0.5, 0.6) is 0 Å². The fraction of sp³-hybridized carbons (Fsp3) is 0.538. The highest BCUT2D eigenvalue weighted by atomic mass is 19.1. The van der Waals surface area contributed by atoms with E-state index in [0.717, 1.165) is 18.4 Å². The van der Waals surface area contributed by atoms with E-state index < -0.39 is 0 Å². The lowest BCUT2D eigenvalue weighted by Gasteiger charge is -2.17. The molecule has 0 aliphatic heterocycles. The van der Waals surface area contributed by atoms with E-state index in [1.54, 1.807) is 6.07 Å². The Morgan fingerprint density at radius 1 is 1.33 bits per heavy atom. The standard InChI is InChI=1S/C13H18FN/c1-9(2)11-8-10(4-5-12(11)14)13(15-3)6-7-13/h4-5,8-9,15H,6-7H2,1-3H3. The summed E-state index contributed by atoms with van der Waals surface area (Å²) >= 11 is 0. The van der Waals surface area contributed by atoms with E-state index >= 15 is 0 Å². The number of rotatable bonds is 3. The third-order valence-corrected chi connectivity index (χ3v) is 3.40. The van der Waals surface area contributed by atoms with Gasteiger partial charge < -0.3 is 5.32 Å². The molecule has 1 N–H and O–H groups in total. The molecule has 0 amide bonds. The summed E-state index contributed by atoms with van der Waals surface area (Å²) in [5.74, 6) is 0.165. The van der Waals surface area contributed by atoms with Gasteiger partial charge in [0.2, 0.25) is 0 Å². The lowest BCUT2D eigenvalue weighted by Crippen LogP contribution is -2.24. The van der Waals surface area contributed by atoms with Crippen molar-refractivity contribution in [1.82, 2.24) is 5.32 Å². The summed E-state index contributed by atoms with van der Waals surface area (Å²) in [6.07, 6.45) is 2.32. The van der Waals surface area contributed by atoms with Gasteiger partial charge in [-0.05, 0) is 43.0 Å². The van der Waals surface area contributed by atoms with Crippen LogP contribution in [0.4, 0.5) is 4.39 Å². The maximum atomic E-state index is 13.5. The normalized spacial score (nSPS) is 18.2. The Balaban J connectivity index is 2.39. The summed E-state index contributed by atoms with van der Waals surface area (Å²) in [5, 5.41) is 3.33. The molecule has 0 bridgehead atoms. The summed E-state index contributed by atoms with van der Waals surface area (Å²) in [4.78, 5) is 0. The van der Waals surface area contributed by atoms with Crippen molar-refractivity contribution in [2.45, 2.75) is 38.1 Å². The first-order valence-electron chi connectivity index (χ1n) is 5.58. The SMILES string of the molecule is CNC1(c2ccc(F)c(C(C)C)c2)CC1. The van der Waals surface area contributed by atoms with E-state index in [2.05, 4.69) is 5.32 Å². The number of halogens is 1. The molecule has 1 nitrogen and oxygen atoms in total. The highest BCUT2D eigenvalue weighted by molar-refractivity contribution is 5.35. The topological polar surface area (TPSA) is 12.0 Å². The van der Waals surface area contributed by atoms with Crippen molar-refractivity contribution in [2.24, 2.45) is 0 Å². The minimum atomic E-state index is -0.0827. The smallest absolute Gasteiger partial charge is 0.126 e. The van der Waals surface area contributed by atoms with Gasteiger partial charge in [-0.2, -0.15) is 0 Å². The molecule has 2 heteroatoms. The first-order valence-corrected chi connectivity index (χ1v) is 5.58. The van der Waals surface area contributed by atoms with E-state index in [0.29, 0.717) is 0 Å². The van der Waals surface area contributed by atoms with Crippen molar-refractivity contribution < 1.29 is 4.39 Å². The summed E-state index contributed by atoms with van der Waals surface area (Å²) < 4.78 is 13.5. The monoisotopic (exact) mass is 207 g/mol. The van der Waals surface area contributed by atoms with Gasteiger partial charge in [-0.25, -0.2) is 4.39 Å². The predicted molar refractivity (Wildman–Crippen MR) is 60.5 cm³/mol. The lowest BCUT2D eigenvalue weighted by atomic mass is 9.96. The zero-order valence-corrected chi connectivity index (χ0v) is 9.60. The summed E-state index contributed by atoms with van der Waals surface area (Å²) in [7, 11) is 1.98. The zero-order chi connectivity index (χ0) is 11.1. The maximum Gasteiger partial charge on any atom is 0.126 e. The molecular weight excluding hydrogens is 189 g/mol. The van der Waals surface area contributed by atoms with E-state index in [1.807, 2.05) is 33.0 Å². The first-order chi connectivity index (χ1) is 7.09. The van der Waals surface area contributed by atoms with Crippen molar-refractivity contribution in [3.8, 4) is 0 Å². The summed E-state index contributed by atoms with van der Waals surface area (Å²) in [5.41, 5.74) is 2.20. The minimum Gasteiger partial charge on any atom is -0.310 e. The third-order valence-electron chi connectivity index (χ3n) is 3.40. The van der Waals surface area contributed by atoms with Gasteiger partial charge in [0.15, 0.2) is 0 Å². The second-order valence-electron chi connectivity index (χ2n) is 4.72. The van der Waals surface area contributed by atoms with Crippen LogP contribution in [-0.4, -0.2) is 7.05 Å². The van der Waals surface area contributed by atoms with Gasteiger partial charge in [0, 0.05) is 5.54 Å². The van der Waals surface area contributed by atoms with Crippen LogP contribution in [0.25, 0.3) is 0 Å². The number of hydrogen-bond acceptors (Lipinski definition) is 1. The van der Waals surface area contributed by atoms with Crippen LogP contribution in [0, 0.1) is 5.82 Å². The second kappa shape index (κ2) is 3.60. The summed E-state index contributed by atoms with van der Waals surface area (Å²) in [6.45, 7) is 4.06. The highest BCUT2D eigenvalue weighted by Gasteiger charge is 2.42. The Morgan fingerprint density at radius 2 is 2.00 bits per heavy atom. The van der Waals surface area contributed by atoms with Crippen LogP contribution in [-0.2, 0) is 5.54 Å². The van der Waals surface area contributed by atoms with Gasteiger partial charge in [0.05, 0.1) is 0 Å². The third kappa shape index (κ3) is 1.78. The molecule has 2 rings (SSSR count). The average molecular weight is 207 g/mol. The first kappa shape index (κ1) is 10.6. The van der Waals surface area contributed by atoms with E-state index in [4.69, 9.17) is 0 Å². The largest absolute Gasteiger partial charge is 0.310 e. The molecule has 0 saturated heterocycles. The molecular formula is C13H18FN. The van der Waals surface area contributed by atoms with Crippen LogP contribution < -0.4 is 5.32 Å². The predicted octanol–water partition coefficient (Wildman–Crippen LogP) is 3.16. The highest BCUT2D eigenvalue weighted by Crippen LogP contribution is 2.45. The van der Waals surface area contributed by atoms with Crippen LogP contribution >= 0.6 is 0 Å².